The van der Waals surface area contributed by atoms with Gasteiger partial charge in [-0.15, -0.1) is 0 Å². The van der Waals surface area contributed by atoms with E-state index in [0.29, 0.717) is 49.2 Å². The summed E-state index contributed by atoms with van der Waals surface area (Å²) in [4.78, 5) is 17.3. The smallest absolute Gasteiger partial charge is 0.278 e. The zero-order valence-corrected chi connectivity index (χ0v) is 20.7. The Morgan fingerprint density at radius 1 is 1.15 bits per heavy atom. The molecular formula is C26H30ClFN2O4. The molecule has 1 amide bonds. The van der Waals surface area contributed by atoms with Crippen LogP contribution in [0.25, 0.3) is 0 Å². The van der Waals surface area contributed by atoms with Crippen LogP contribution in [0.4, 0.5) is 10.1 Å². The van der Waals surface area contributed by atoms with Crippen LogP contribution in [0.5, 0.6) is 11.5 Å². The van der Waals surface area contributed by atoms with Crippen LogP contribution in [0.2, 0.25) is 5.02 Å². The summed E-state index contributed by atoms with van der Waals surface area (Å²) in [6.07, 6.45) is 0.499. The first kappa shape index (κ1) is 23.2. The van der Waals surface area contributed by atoms with Crippen molar-refractivity contribution in [1.29, 1.82) is 0 Å². The summed E-state index contributed by atoms with van der Waals surface area (Å²) >= 11 is 5.94. The van der Waals surface area contributed by atoms with Crippen molar-refractivity contribution in [2.45, 2.75) is 52.0 Å². The molecule has 182 valence electrons. The van der Waals surface area contributed by atoms with E-state index in [1.54, 1.807) is 19.1 Å². The number of fused-ring (bicyclic) bond motifs is 2. The molecule has 2 aromatic carbocycles. The van der Waals surface area contributed by atoms with E-state index >= 15 is 0 Å². The third-order valence-electron chi connectivity index (χ3n) is 6.70. The molecule has 2 aromatic rings. The number of amides is 1. The highest BCUT2D eigenvalue weighted by Gasteiger charge is 2.47. The lowest BCUT2D eigenvalue weighted by Crippen LogP contribution is -2.61. The van der Waals surface area contributed by atoms with Crippen molar-refractivity contribution in [2.75, 3.05) is 31.2 Å². The lowest BCUT2D eigenvalue weighted by molar-refractivity contribution is -0.136. The standard InChI is InChI=1S/C26H30ClFN2O4/c1-25(2,3)13-23(31)30-11-10-29(20-14-32-15-21(20)30)19-6-5-7-22-24(19)34-26(4,33-22)17-9-8-16(27)12-18(17)28/h5-9,12,20-21H,10-11,13-15H2,1-4H3/t20-,21+,26?/m1/s1. The van der Waals surface area contributed by atoms with Crippen molar-refractivity contribution in [3.05, 3.63) is 52.8 Å². The van der Waals surface area contributed by atoms with Crippen LogP contribution >= 0.6 is 11.6 Å². The zero-order chi connectivity index (χ0) is 24.3. The maximum absolute atomic E-state index is 14.7. The van der Waals surface area contributed by atoms with Crippen LogP contribution in [0.1, 0.15) is 39.7 Å². The topological polar surface area (TPSA) is 51.2 Å². The minimum absolute atomic E-state index is 0.00638. The summed E-state index contributed by atoms with van der Waals surface area (Å²) in [5.74, 6) is -0.519. The molecule has 8 heteroatoms. The van der Waals surface area contributed by atoms with Gasteiger partial charge in [0.15, 0.2) is 11.5 Å². The first-order chi connectivity index (χ1) is 16.1. The average molecular weight is 489 g/mol. The molecule has 34 heavy (non-hydrogen) atoms. The first-order valence-corrected chi connectivity index (χ1v) is 12.0. The number of hydrogen-bond donors (Lipinski definition) is 0. The molecule has 0 spiro atoms. The van der Waals surface area contributed by atoms with Crippen LogP contribution in [0.3, 0.4) is 0 Å². The summed E-state index contributed by atoms with van der Waals surface area (Å²) in [6, 6.07) is 10.2. The molecule has 0 radical (unpaired) electrons. The van der Waals surface area contributed by atoms with Gasteiger partial charge in [-0.05, 0) is 35.7 Å². The lowest BCUT2D eigenvalue weighted by Gasteiger charge is -2.45. The molecule has 0 aliphatic carbocycles. The van der Waals surface area contributed by atoms with E-state index < -0.39 is 11.6 Å². The Morgan fingerprint density at radius 2 is 1.91 bits per heavy atom. The zero-order valence-electron chi connectivity index (χ0n) is 19.9. The van der Waals surface area contributed by atoms with Gasteiger partial charge in [-0.1, -0.05) is 38.4 Å². The molecule has 3 aliphatic heterocycles. The van der Waals surface area contributed by atoms with Gasteiger partial charge in [-0.2, -0.15) is 0 Å². The molecule has 2 saturated heterocycles. The van der Waals surface area contributed by atoms with E-state index in [1.165, 1.54) is 6.07 Å². The van der Waals surface area contributed by atoms with E-state index in [9.17, 15) is 9.18 Å². The van der Waals surface area contributed by atoms with E-state index in [0.717, 1.165) is 5.69 Å². The quantitative estimate of drug-likeness (QED) is 0.610. The van der Waals surface area contributed by atoms with Gasteiger partial charge in [0.2, 0.25) is 5.91 Å². The van der Waals surface area contributed by atoms with Crippen molar-refractivity contribution in [3.63, 3.8) is 0 Å². The van der Waals surface area contributed by atoms with Crippen LogP contribution in [0.15, 0.2) is 36.4 Å². The third kappa shape index (κ3) is 4.09. The van der Waals surface area contributed by atoms with Gasteiger partial charge >= 0.3 is 0 Å². The molecule has 3 atom stereocenters. The molecule has 0 saturated carbocycles. The molecule has 0 aromatic heterocycles. The third-order valence-corrected chi connectivity index (χ3v) is 6.93. The number of piperazine rings is 1. The van der Waals surface area contributed by atoms with Crippen LogP contribution < -0.4 is 14.4 Å². The van der Waals surface area contributed by atoms with E-state index in [1.807, 2.05) is 23.1 Å². The van der Waals surface area contributed by atoms with Gasteiger partial charge in [0, 0.05) is 31.5 Å². The number of carbonyl (C=O) groups excluding carboxylic acids is 1. The second-order valence-corrected chi connectivity index (χ2v) is 11.0. The lowest BCUT2D eigenvalue weighted by atomic mass is 9.90. The predicted molar refractivity (Wildman–Crippen MR) is 128 cm³/mol. The van der Waals surface area contributed by atoms with Crippen molar-refractivity contribution in [3.8, 4) is 11.5 Å². The Morgan fingerprint density at radius 3 is 2.65 bits per heavy atom. The predicted octanol–water partition coefficient (Wildman–Crippen LogP) is 4.98. The number of benzene rings is 2. The summed E-state index contributed by atoms with van der Waals surface area (Å²) in [5.41, 5.74) is 1.06. The highest BCUT2D eigenvalue weighted by Crippen LogP contribution is 2.50. The number of ether oxygens (including phenoxy) is 3. The molecular weight excluding hydrogens is 459 g/mol. The molecule has 3 heterocycles. The Labute approximate surface area is 204 Å². The number of carbonyl (C=O) groups is 1. The van der Waals surface area contributed by atoms with Gasteiger partial charge < -0.3 is 24.0 Å². The average Bonchev–Trinajstić information content (AvgIpc) is 3.36. The van der Waals surface area contributed by atoms with E-state index in [-0.39, 0.29) is 29.0 Å². The Hall–Kier alpha value is -2.51. The largest absolute Gasteiger partial charge is 0.444 e. The minimum Gasteiger partial charge on any atom is -0.444 e. The number of anilines is 1. The van der Waals surface area contributed by atoms with Gasteiger partial charge in [0.05, 0.1) is 36.5 Å². The Bertz CT molecular complexity index is 1120. The number of halogens is 2. The fraction of sp³-hybridized carbons (Fsp3) is 0.500. The van der Waals surface area contributed by atoms with E-state index in [4.69, 9.17) is 25.8 Å². The van der Waals surface area contributed by atoms with Gasteiger partial charge in [-0.3, -0.25) is 4.79 Å². The summed E-state index contributed by atoms with van der Waals surface area (Å²) < 4.78 is 33.0. The summed E-state index contributed by atoms with van der Waals surface area (Å²) in [6.45, 7) is 10.2. The molecule has 3 aliphatic rings. The van der Waals surface area contributed by atoms with Crippen molar-refractivity contribution in [2.24, 2.45) is 5.41 Å². The maximum Gasteiger partial charge on any atom is 0.278 e. The molecule has 0 N–H and O–H groups in total. The molecule has 0 bridgehead atoms. The molecule has 2 fully saturated rings. The van der Waals surface area contributed by atoms with Gasteiger partial charge in [0.1, 0.15) is 5.82 Å². The fourth-order valence-corrected chi connectivity index (χ4v) is 5.30. The normalized spacial score (nSPS) is 26.1. The number of nitrogens with zero attached hydrogens (tertiary/aromatic N) is 2. The minimum atomic E-state index is -1.32. The Balaban J connectivity index is 1.42. The van der Waals surface area contributed by atoms with Crippen molar-refractivity contribution >= 4 is 23.2 Å². The number of hydrogen-bond acceptors (Lipinski definition) is 5. The highest BCUT2D eigenvalue weighted by molar-refractivity contribution is 6.30. The van der Waals surface area contributed by atoms with E-state index in [2.05, 4.69) is 25.7 Å². The summed E-state index contributed by atoms with van der Waals surface area (Å²) in [7, 11) is 0. The Kier molecular flexibility index (Phi) is 5.68. The van der Waals surface area contributed by atoms with Crippen molar-refractivity contribution < 1.29 is 23.4 Å². The van der Waals surface area contributed by atoms with Gasteiger partial charge in [0.25, 0.3) is 5.79 Å². The second kappa shape index (κ2) is 8.31. The SMILES string of the molecule is CC(C)(C)CC(=O)N1CCN(c2cccc3c2OC(C)(c2ccc(Cl)cc2F)O3)[C@@H]2COC[C@@H]21. The fourth-order valence-electron chi connectivity index (χ4n) is 5.14. The molecule has 6 nitrogen and oxygen atoms in total. The van der Waals surface area contributed by atoms with Crippen LogP contribution in [-0.4, -0.2) is 49.2 Å². The first-order valence-electron chi connectivity index (χ1n) is 11.7. The number of para-hydroxylation sites is 1. The summed E-state index contributed by atoms with van der Waals surface area (Å²) in [5, 5.41) is 0.312. The molecule has 5 rings (SSSR count). The number of rotatable bonds is 3. The van der Waals surface area contributed by atoms with Crippen molar-refractivity contribution in [1.82, 2.24) is 4.90 Å². The van der Waals surface area contributed by atoms with Crippen LogP contribution in [0, 0.1) is 11.2 Å². The second-order valence-electron chi connectivity index (χ2n) is 10.6. The van der Waals surface area contributed by atoms with Gasteiger partial charge in [-0.25, -0.2) is 4.39 Å². The maximum atomic E-state index is 14.7. The highest BCUT2D eigenvalue weighted by atomic mass is 35.5. The molecule has 1 unspecified atom stereocenters. The monoisotopic (exact) mass is 488 g/mol. The van der Waals surface area contributed by atoms with Crippen LogP contribution in [-0.2, 0) is 15.3 Å².